The molecular weight excluding hydrogens is 515 g/mol. The molecule has 8 heteroatoms. The number of nitrogens with one attached hydrogen (secondary N) is 2. The Kier molecular flexibility index (Phi) is 12.2. The van der Waals surface area contributed by atoms with Crippen LogP contribution in [0, 0.1) is 30.6 Å². The van der Waals surface area contributed by atoms with Gasteiger partial charge < -0.3 is 15.7 Å². The van der Waals surface area contributed by atoms with Crippen LogP contribution < -0.4 is 10.6 Å². The maximum atomic E-state index is 12.8. The Bertz CT molecular complexity index is 1150. The van der Waals surface area contributed by atoms with Crippen molar-refractivity contribution in [1.29, 1.82) is 0 Å². The first-order chi connectivity index (χ1) is 18.8. The zero-order chi connectivity index (χ0) is 27.9. The summed E-state index contributed by atoms with van der Waals surface area (Å²) < 4.78 is 0. The topological polar surface area (TPSA) is 95.5 Å². The SMILES string of the molecule is CCc1ccc(C(=O)NC(CCSC)C(=O)O)c(-c2ccccc2C)c1.O=CNC1C2CC3CC(C2)CC1C3.[LiH]. The van der Waals surface area contributed by atoms with Crippen molar-refractivity contribution >= 4 is 48.9 Å². The van der Waals surface area contributed by atoms with E-state index >= 15 is 0 Å². The number of aryl methyl sites for hydroxylation is 2. The molecule has 4 bridgehead atoms. The van der Waals surface area contributed by atoms with Gasteiger partial charge in [0.2, 0.25) is 6.41 Å². The van der Waals surface area contributed by atoms with E-state index in [2.05, 4.69) is 17.6 Å². The second kappa shape index (κ2) is 15.1. The number of hydrogen-bond donors (Lipinski definition) is 3. The van der Waals surface area contributed by atoms with Gasteiger partial charge in [0.05, 0.1) is 0 Å². The summed E-state index contributed by atoms with van der Waals surface area (Å²) in [4.78, 5) is 34.8. The van der Waals surface area contributed by atoms with Crippen LogP contribution in [0.25, 0.3) is 11.1 Å². The second-order valence-electron chi connectivity index (χ2n) is 11.4. The Morgan fingerprint density at radius 3 is 2.23 bits per heavy atom. The monoisotopic (exact) mass is 558 g/mol. The van der Waals surface area contributed by atoms with E-state index in [1.165, 1.54) is 32.1 Å². The van der Waals surface area contributed by atoms with Crippen LogP contribution in [0.4, 0.5) is 0 Å². The Labute approximate surface area is 255 Å². The van der Waals surface area contributed by atoms with E-state index in [9.17, 15) is 19.5 Å². The molecule has 0 aromatic heterocycles. The molecule has 0 aliphatic heterocycles. The van der Waals surface area contributed by atoms with Gasteiger partial charge in [0, 0.05) is 11.6 Å². The van der Waals surface area contributed by atoms with E-state index in [0.717, 1.165) is 58.8 Å². The Balaban J connectivity index is 0.000000261. The molecule has 0 saturated heterocycles. The zero-order valence-electron chi connectivity index (χ0n) is 23.3. The van der Waals surface area contributed by atoms with E-state index in [4.69, 9.17) is 0 Å². The maximum absolute atomic E-state index is 12.8. The standard InChI is InChI=1S/C21H25NO3S.C11H17NO.Li.H/c1-4-15-9-10-17(18(13-15)16-8-6-5-7-14(16)2)20(23)22-19(21(24)25)11-12-26-3;13-6-12-11-9-2-7-1-8(4-9)5-10(11)3-7;;/h5-10,13,19H,4,11-12H2,1-3H3,(H,22,23)(H,24,25);6-11H,1-5H2,(H,12,13);;. The van der Waals surface area contributed by atoms with Gasteiger partial charge in [-0.05, 0) is 116 Å². The summed E-state index contributed by atoms with van der Waals surface area (Å²) in [7, 11) is 0. The van der Waals surface area contributed by atoms with Crippen LogP contribution >= 0.6 is 11.8 Å². The predicted octanol–water partition coefficient (Wildman–Crippen LogP) is 5.07. The zero-order valence-corrected chi connectivity index (χ0v) is 24.1. The van der Waals surface area contributed by atoms with Gasteiger partial charge >= 0.3 is 24.8 Å². The van der Waals surface area contributed by atoms with Crippen molar-refractivity contribution < 1.29 is 19.5 Å². The average Bonchev–Trinajstić information content (AvgIpc) is 2.92. The quantitative estimate of drug-likeness (QED) is 0.280. The molecule has 212 valence electrons. The second-order valence-corrected chi connectivity index (χ2v) is 12.4. The molecule has 0 radical (unpaired) electrons. The van der Waals surface area contributed by atoms with Gasteiger partial charge in [-0.3, -0.25) is 9.59 Å². The van der Waals surface area contributed by atoms with Crippen LogP contribution in [0.15, 0.2) is 42.5 Å². The van der Waals surface area contributed by atoms with Crippen molar-refractivity contribution in [2.24, 2.45) is 23.7 Å². The summed E-state index contributed by atoms with van der Waals surface area (Å²) in [6, 6.07) is 13.3. The van der Waals surface area contributed by atoms with E-state index in [0.29, 0.717) is 23.8 Å². The fourth-order valence-electron chi connectivity index (χ4n) is 7.11. The summed E-state index contributed by atoms with van der Waals surface area (Å²) >= 11 is 1.56. The predicted molar refractivity (Wildman–Crippen MR) is 165 cm³/mol. The normalized spacial score (nSPS) is 24.6. The summed E-state index contributed by atoms with van der Waals surface area (Å²) in [6.07, 6.45) is 11.1. The molecule has 3 N–H and O–H groups in total. The molecule has 6 rings (SSSR count). The van der Waals surface area contributed by atoms with Crippen molar-refractivity contribution in [3.8, 4) is 11.1 Å². The number of amides is 2. The summed E-state index contributed by atoms with van der Waals surface area (Å²) in [5.74, 6) is 2.98. The molecule has 4 saturated carbocycles. The first-order valence-electron chi connectivity index (χ1n) is 14.3. The number of aliphatic carboxylic acids is 1. The van der Waals surface area contributed by atoms with Crippen LogP contribution in [0.5, 0.6) is 0 Å². The molecule has 4 fully saturated rings. The third kappa shape index (κ3) is 7.75. The number of carboxylic acids is 1. The first kappa shape index (κ1) is 32.3. The minimum absolute atomic E-state index is 0. The molecule has 40 heavy (non-hydrogen) atoms. The number of carboxylic acid groups (broad SMARTS) is 1. The Morgan fingerprint density at radius 1 is 1.02 bits per heavy atom. The van der Waals surface area contributed by atoms with Crippen LogP contribution in [0.1, 0.15) is 66.9 Å². The van der Waals surface area contributed by atoms with Gasteiger partial charge in [0.15, 0.2) is 0 Å². The molecule has 2 amide bonds. The van der Waals surface area contributed by atoms with Crippen molar-refractivity contribution in [3.63, 3.8) is 0 Å². The Hall–Kier alpha value is -2.20. The summed E-state index contributed by atoms with van der Waals surface area (Å²) in [5, 5.41) is 15.1. The van der Waals surface area contributed by atoms with Crippen LogP contribution in [-0.4, -0.2) is 66.3 Å². The van der Waals surface area contributed by atoms with Gasteiger partial charge in [-0.15, -0.1) is 0 Å². The molecule has 2 aromatic rings. The summed E-state index contributed by atoms with van der Waals surface area (Å²) in [5.41, 5.74) is 4.55. The van der Waals surface area contributed by atoms with Gasteiger partial charge in [-0.2, -0.15) is 11.8 Å². The van der Waals surface area contributed by atoms with Gasteiger partial charge in [-0.1, -0.05) is 43.3 Å². The van der Waals surface area contributed by atoms with Crippen LogP contribution in [-0.2, 0) is 16.0 Å². The number of rotatable bonds is 10. The number of carbonyl (C=O) groups is 3. The number of thioether (sulfide) groups is 1. The number of benzene rings is 2. The van der Waals surface area contributed by atoms with Gasteiger partial charge in [-0.25, -0.2) is 4.79 Å². The third-order valence-corrected chi connectivity index (χ3v) is 9.52. The molecule has 1 unspecified atom stereocenters. The van der Waals surface area contributed by atoms with Crippen molar-refractivity contribution in [2.75, 3.05) is 12.0 Å². The Morgan fingerprint density at radius 2 is 1.68 bits per heavy atom. The molecule has 2 aromatic carbocycles. The molecule has 4 aliphatic rings. The van der Waals surface area contributed by atoms with Gasteiger partial charge in [0.25, 0.3) is 5.91 Å². The first-order valence-corrected chi connectivity index (χ1v) is 15.6. The number of carbonyl (C=O) groups excluding carboxylic acids is 2. The molecule has 4 aliphatic carbocycles. The minimum atomic E-state index is -1.00. The van der Waals surface area contributed by atoms with Crippen LogP contribution in [0.3, 0.4) is 0 Å². The van der Waals surface area contributed by atoms with E-state index in [-0.39, 0.29) is 24.8 Å². The molecular formula is C32H43LiN2O4S. The van der Waals surface area contributed by atoms with Crippen molar-refractivity contribution in [2.45, 2.75) is 70.9 Å². The van der Waals surface area contributed by atoms with Crippen LogP contribution in [0.2, 0.25) is 0 Å². The van der Waals surface area contributed by atoms with E-state index in [1.54, 1.807) is 17.8 Å². The van der Waals surface area contributed by atoms with Crippen molar-refractivity contribution in [3.05, 3.63) is 59.2 Å². The fourth-order valence-corrected chi connectivity index (χ4v) is 7.58. The molecule has 1 atom stereocenters. The van der Waals surface area contributed by atoms with Gasteiger partial charge in [0.1, 0.15) is 6.04 Å². The van der Waals surface area contributed by atoms with E-state index in [1.807, 2.05) is 49.6 Å². The number of hydrogen-bond acceptors (Lipinski definition) is 4. The summed E-state index contributed by atoms with van der Waals surface area (Å²) in [6.45, 7) is 4.08. The van der Waals surface area contributed by atoms with Crippen molar-refractivity contribution in [1.82, 2.24) is 10.6 Å². The molecule has 0 spiro atoms. The molecule has 6 nitrogen and oxygen atoms in total. The fraction of sp³-hybridized carbons (Fsp3) is 0.531. The average molecular weight is 559 g/mol. The molecule has 0 heterocycles. The van der Waals surface area contributed by atoms with E-state index < -0.39 is 12.0 Å². The third-order valence-electron chi connectivity index (χ3n) is 8.87.